The molecule has 7 heterocycles. The van der Waals surface area contributed by atoms with Crippen LogP contribution >= 0.6 is 0 Å². The summed E-state index contributed by atoms with van der Waals surface area (Å²) in [5.41, 5.74) is 0. The van der Waals surface area contributed by atoms with Crippen molar-refractivity contribution in [3.8, 4) is 0 Å². The maximum atomic E-state index is 13.8. The maximum Gasteiger partial charge on any atom is 0.364 e. The van der Waals surface area contributed by atoms with Gasteiger partial charge in [0.05, 0.1) is 89.3 Å². The van der Waals surface area contributed by atoms with Crippen LogP contribution in [-0.2, 0) is 95.1 Å². The molecule has 50 nitrogen and oxygen atoms in total. The Morgan fingerprint density at radius 3 is 1.23 bits per heavy atom. The average molecular weight is 2000 g/mol. The van der Waals surface area contributed by atoms with E-state index in [1.54, 1.807) is 6.08 Å². The largest absolute Gasteiger partial charge is 0.477 e. The van der Waals surface area contributed by atoms with Gasteiger partial charge in [-0.05, 0) is 19.3 Å². The van der Waals surface area contributed by atoms with Gasteiger partial charge in [-0.15, -0.1) is 0 Å². The van der Waals surface area contributed by atoms with E-state index in [-0.39, 0.29) is 12.3 Å². The number of ether oxygens (including phenoxy) is 14. The van der Waals surface area contributed by atoms with Gasteiger partial charge in [-0.2, -0.15) is 0 Å². The Morgan fingerprint density at radius 1 is 0.399 bits per heavy atom. The summed E-state index contributed by atoms with van der Waals surface area (Å²) in [6.45, 7) is -6.67. The van der Waals surface area contributed by atoms with Gasteiger partial charge in [0.1, 0.15) is 172 Å². The van der Waals surface area contributed by atoms with Crippen molar-refractivity contribution in [2.75, 3.05) is 66.1 Å². The molecule has 39 atom stereocenters. The number of rotatable bonds is 62. The standard InChI is InChI=1S/C88H154N4O46/c1-4-6-8-10-12-14-16-18-20-22-24-26-28-30-46(103)45(90-56(107)31-29-27-25-23-21-19-17-15-13-11-9-7-5-2)43-125-81-69(117)67(115)73(54(39-98)129-81)131-82-70(118)68(116)74(55(40-99)130-82)132-83-71(119)78(64(112)51(36-95)127-83)134-80-61(89-44(3)102)75(63(111)50(35-94)126-80)133-84-72(120)79(65(113)52(37-96)128-84)138-88(86(123)124)33-48(105)60(92-58(109)42-101)77(137-88)66(114)53(38-97)135-87(85(121)122)32-47(104)59(91-57(108)41-100)76(136-87)62(110)49(106)34-93/h28,30,45-55,59-84,93-101,103-106,110-120H,4-27,29,31-43H2,1-3H3,(H,89,102)(H,90,107)(H,91,108)(H,92,109)(H,121,122)(H,123,124)/b30-28+/t45-,46+,47?,48?,49+,50?,51?,52?,53+,54?,55?,59+,60+,61?,62+,63-,64-,65-,66+,67+,68+,69?,70?,71?,72?,73+,74-,75+,76?,77?,78-,79-,80-,81+,82-,83-,84-,87+,88-/m0/s1. The van der Waals surface area contributed by atoms with Crippen LogP contribution in [0.1, 0.15) is 201 Å². The number of carboxylic acid groups (broad SMARTS) is 2. The number of carboxylic acids is 2. The number of amides is 4. The van der Waals surface area contributed by atoms with E-state index >= 15 is 0 Å². The zero-order valence-electron chi connectivity index (χ0n) is 78.2. The van der Waals surface area contributed by atoms with Crippen molar-refractivity contribution in [2.24, 2.45) is 0 Å². The number of unbranched alkanes of at least 4 members (excludes halogenated alkanes) is 23. The van der Waals surface area contributed by atoms with Crippen molar-refractivity contribution in [1.82, 2.24) is 21.3 Å². The molecule has 0 aromatic carbocycles. The number of nitrogens with one attached hydrogen (secondary N) is 4. The Morgan fingerprint density at radius 2 is 0.783 bits per heavy atom. The molecule has 7 aliphatic heterocycles. The van der Waals surface area contributed by atoms with Crippen LogP contribution in [0, 0.1) is 0 Å². The SMILES string of the molecule is CCCCCCCCCCCCC/C=C/[C@@H](O)[C@H](CO[C@@H]1OC(CO)[C@@H](O[C@@H]2OC(CO)[C@H](O[C@@H]3OC(CO)[C@H](O)[C@H](O[C@@H]4OC(CO)[C@H](O)[C@H](O[C@@H]5OC(CO)[C@H](O)[C@H](O[C@]6(C(=O)O)CC(O)[C@@H](NC(=O)CO)C([C@H](O)[C@@H](CO)O[C@]7(C(=O)O)CC(O)[C@@H](NC(=O)CO)C([C@H](O)[C@H](O)CO)O7)O6)C5O)C4NC(C)=O)C3O)[C@H](O)C2O)[C@H](O)C1O)NC(=O)CCCCCCCCCCCCCCC. The first-order valence-corrected chi connectivity index (χ1v) is 48.1. The zero-order chi connectivity index (χ0) is 102. The highest BCUT2D eigenvalue weighted by molar-refractivity contribution is 5.79. The molecule has 4 amide bonds. The minimum Gasteiger partial charge on any atom is -0.477 e. The fourth-order valence-electron chi connectivity index (χ4n) is 18.0. The van der Waals surface area contributed by atoms with E-state index in [2.05, 4.69) is 24.5 Å². The van der Waals surface area contributed by atoms with E-state index in [1.165, 1.54) is 89.9 Å². The minimum absolute atomic E-state index is 0.140. The molecule has 0 bridgehead atoms. The summed E-state index contributed by atoms with van der Waals surface area (Å²) in [7, 11) is 0. The summed E-state index contributed by atoms with van der Waals surface area (Å²) in [6.07, 6.45) is -45.4. The van der Waals surface area contributed by atoms with E-state index in [0.29, 0.717) is 12.8 Å². The molecule has 0 spiro atoms. The van der Waals surface area contributed by atoms with Gasteiger partial charge < -0.3 is 220 Å². The van der Waals surface area contributed by atoms with Gasteiger partial charge in [0, 0.05) is 26.2 Å². The number of aliphatic hydroxyl groups is 24. The Kier molecular flexibility index (Phi) is 52.4. The number of hydrogen-bond donors (Lipinski definition) is 30. The topological polar surface area (TPSA) is 806 Å². The molecule has 0 saturated carbocycles. The third-order valence-corrected chi connectivity index (χ3v) is 25.9. The van der Waals surface area contributed by atoms with Gasteiger partial charge in [0.15, 0.2) is 31.5 Å². The van der Waals surface area contributed by atoms with Crippen LogP contribution in [0.15, 0.2) is 12.2 Å². The van der Waals surface area contributed by atoms with E-state index in [0.717, 1.165) is 64.7 Å². The molecule has 7 rings (SSSR count). The van der Waals surface area contributed by atoms with Crippen LogP contribution < -0.4 is 21.3 Å². The first-order chi connectivity index (χ1) is 65.9. The predicted octanol–water partition coefficient (Wildman–Crippen LogP) is -8.88. The Hall–Kier alpha value is -4.96. The summed E-state index contributed by atoms with van der Waals surface area (Å²) in [5.74, 6) is -15.8. The summed E-state index contributed by atoms with van der Waals surface area (Å²) in [5, 5.41) is 300. The summed E-state index contributed by atoms with van der Waals surface area (Å²) >= 11 is 0. The van der Waals surface area contributed by atoms with Crippen LogP contribution in [0.25, 0.3) is 0 Å². The van der Waals surface area contributed by atoms with Crippen LogP contribution in [0.4, 0.5) is 0 Å². The number of carbonyl (C=O) groups is 6. The lowest BCUT2D eigenvalue weighted by Gasteiger charge is -2.52. The van der Waals surface area contributed by atoms with Crippen molar-refractivity contribution in [3.05, 3.63) is 12.2 Å². The fraction of sp³-hybridized carbons (Fsp3) is 0.909. The summed E-state index contributed by atoms with van der Waals surface area (Å²) < 4.78 is 82.1. The lowest BCUT2D eigenvalue weighted by Crippen LogP contribution is -2.72. The lowest BCUT2D eigenvalue weighted by molar-refractivity contribution is -0.393. The highest BCUT2D eigenvalue weighted by atomic mass is 16.8. The predicted molar refractivity (Wildman–Crippen MR) is 466 cm³/mol. The number of aliphatic hydroxyl groups excluding tert-OH is 24. The third-order valence-electron chi connectivity index (χ3n) is 25.9. The molecule has 0 aliphatic carbocycles. The van der Waals surface area contributed by atoms with E-state index < -0.39 is 347 Å². The van der Waals surface area contributed by atoms with Gasteiger partial charge in [-0.1, -0.05) is 167 Å². The third kappa shape index (κ3) is 33.3. The highest BCUT2D eigenvalue weighted by Crippen LogP contribution is 2.43. The highest BCUT2D eigenvalue weighted by Gasteiger charge is 2.64. The summed E-state index contributed by atoms with van der Waals surface area (Å²) in [4.78, 5) is 79.2. The second kappa shape index (κ2) is 60.2. The maximum absolute atomic E-state index is 13.8. The monoisotopic (exact) mass is 2000 g/mol. The number of carbonyl (C=O) groups excluding carboxylic acids is 4. The summed E-state index contributed by atoms with van der Waals surface area (Å²) in [6, 6.07) is -7.37. The van der Waals surface area contributed by atoms with Crippen LogP contribution in [-0.4, -0.2) is 473 Å². The van der Waals surface area contributed by atoms with Crippen molar-refractivity contribution in [2.45, 2.75) is 439 Å². The number of aliphatic carboxylic acids is 2. The smallest absolute Gasteiger partial charge is 0.364 e. The van der Waals surface area contributed by atoms with Gasteiger partial charge in [0.25, 0.3) is 11.6 Å². The van der Waals surface area contributed by atoms with Crippen molar-refractivity contribution in [1.29, 1.82) is 0 Å². The van der Waals surface area contributed by atoms with Crippen LogP contribution in [0.5, 0.6) is 0 Å². The Balaban J connectivity index is 1.05. The molecule has 50 heteroatoms. The fourth-order valence-corrected chi connectivity index (χ4v) is 18.0. The molecule has 7 aliphatic rings. The average Bonchev–Trinajstić information content (AvgIpc) is 0.747. The van der Waals surface area contributed by atoms with Crippen molar-refractivity contribution >= 4 is 35.6 Å². The number of allylic oxidation sites excluding steroid dienone is 1. The Bertz CT molecular complexity index is 3540. The molecule has 0 aromatic rings. The normalized spacial score (nSPS) is 36.6. The van der Waals surface area contributed by atoms with Crippen molar-refractivity contribution < 1.29 is 228 Å². The van der Waals surface area contributed by atoms with Gasteiger partial charge in [-0.3, -0.25) is 19.2 Å². The first-order valence-electron chi connectivity index (χ1n) is 48.1. The van der Waals surface area contributed by atoms with Crippen LogP contribution in [0.2, 0.25) is 0 Å². The van der Waals surface area contributed by atoms with Gasteiger partial charge in [-0.25, -0.2) is 9.59 Å². The molecule has 802 valence electrons. The molecule has 7 saturated heterocycles. The zero-order valence-corrected chi connectivity index (χ0v) is 78.2. The molecule has 138 heavy (non-hydrogen) atoms. The number of hydrogen-bond acceptors (Lipinski definition) is 44. The van der Waals surface area contributed by atoms with E-state index in [4.69, 9.17) is 66.3 Å². The molecular formula is C88H154N4O46. The Labute approximate surface area is 798 Å². The first kappa shape index (κ1) is 120. The molecule has 30 N–H and O–H groups in total. The molecule has 0 aromatic heterocycles. The van der Waals surface area contributed by atoms with E-state index in [1.807, 2.05) is 16.7 Å². The lowest BCUT2D eigenvalue weighted by atomic mass is 9.87. The van der Waals surface area contributed by atoms with Gasteiger partial charge in [0.2, 0.25) is 23.6 Å². The van der Waals surface area contributed by atoms with Crippen LogP contribution in [0.3, 0.4) is 0 Å². The second-order valence-electron chi connectivity index (χ2n) is 36.4. The van der Waals surface area contributed by atoms with E-state index in [9.17, 15) is 162 Å². The van der Waals surface area contributed by atoms with Crippen molar-refractivity contribution in [3.63, 3.8) is 0 Å². The quantitative estimate of drug-likeness (QED) is 0.0199. The molecular weight excluding hydrogens is 1850 g/mol. The molecule has 7 fully saturated rings. The molecule has 0 radical (unpaired) electrons. The second-order valence-corrected chi connectivity index (χ2v) is 36.4. The minimum atomic E-state index is -3.64. The van der Waals surface area contributed by atoms with Gasteiger partial charge >= 0.3 is 11.9 Å². The molecule has 14 unspecified atom stereocenters.